The van der Waals surface area contributed by atoms with Crippen LogP contribution in [-0.4, -0.2) is 50.9 Å². The van der Waals surface area contributed by atoms with Crippen LogP contribution in [0.1, 0.15) is 6.92 Å². The third kappa shape index (κ3) is 3.63. The molecule has 0 saturated carbocycles. The lowest BCUT2D eigenvalue weighted by Crippen LogP contribution is -3.19. The molecule has 0 aliphatic carbocycles. The summed E-state index contributed by atoms with van der Waals surface area (Å²) in [5.74, 6) is -0.353. The van der Waals surface area contributed by atoms with Crippen molar-refractivity contribution in [1.29, 1.82) is 0 Å². The van der Waals surface area contributed by atoms with E-state index in [0.717, 1.165) is 9.37 Å². The number of halogens is 1. The molecule has 2 rings (SSSR count). The molecule has 1 aliphatic heterocycles. The molecule has 0 bridgehead atoms. The molecular weight excluding hydrogens is 358 g/mol. The first-order chi connectivity index (χ1) is 9.82. The second-order valence-corrected chi connectivity index (χ2v) is 7.99. The highest BCUT2D eigenvalue weighted by Crippen LogP contribution is 2.18. The van der Waals surface area contributed by atoms with E-state index in [0.29, 0.717) is 26.2 Å². The maximum atomic E-state index is 12.5. The number of hydrogen-bond donors (Lipinski definition) is 2. The fourth-order valence-corrected chi connectivity index (χ4v) is 4.11. The summed E-state index contributed by atoms with van der Waals surface area (Å²) >= 11 is 3.29. The van der Waals surface area contributed by atoms with Gasteiger partial charge in [-0.15, -0.1) is 0 Å². The fourth-order valence-electron chi connectivity index (χ4n) is 2.40. The summed E-state index contributed by atoms with van der Waals surface area (Å²) < 4.78 is 27.3. The lowest BCUT2D eigenvalue weighted by molar-refractivity contribution is -0.917. The van der Waals surface area contributed by atoms with Gasteiger partial charge in [0.15, 0.2) is 6.04 Å². The summed E-state index contributed by atoms with van der Waals surface area (Å²) in [6.45, 7) is 3.73. The summed E-state index contributed by atoms with van der Waals surface area (Å²) in [6.07, 6.45) is 0. The monoisotopic (exact) mass is 376 g/mol. The molecule has 1 fully saturated rings. The minimum absolute atomic E-state index is 0.289. The first-order valence-electron chi connectivity index (χ1n) is 6.72. The zero-order valence-electron chi connectivity index (χ0n) is 11.8. The van der Waals surface area contributed by atoms with Crippen molar-refractivity contribution >= 4 is 31.9 Å². The molecular formula is C13H19BrN3O3S+. The van der Waals surface area contributed by atoms with Crippen LogP contribution in [0.15, 0.2) is 33.6 Å². The molecule has 0 radical (unpaired) electrons. The Morgan fingerprint density at radius 2 is 1.81 bits per heavy atom. The number of nitrogens with one attached hydrogen (secondary N) is 1. The van der Waals surface area contributed by atoms with Gasteiger partial charge in [-0.05, 0) is 31.2 Å². The van der Waals surface area contributed by atoms with Crippen LogP contribution in [0.25, 0.3) is 0 Å². The third-order valence-corrected chi connectivity index (χ3v) is 6.30. The number of quaternary nitrogens is 1. The van der Waals surface area contributed by atoms with Crippen LogP contribution in [0.3, 0.4) is 0 Å². The Hall–Kier alpha value is -0.960. The average Bonchev–Trinajstić information content (AvgIpc) is 2.47. The average molecular weight is 377 g/mol. The Balaban J connectivity index is 2.07. The van der Waals surface area contributed by atoms with E-state index in [4.69, 9.17) is 5.73 Å². The van der Waals surface area contributed by atoms with Gasteiger partial charge in [-0.25, -0.2) is 8.42 Å². The first-order valence-corrected chi connectivity index (χ1v) is 8.95. The van der Waals surface area contributed by atoms with Crippen LogP contribution in [-0.2, 0) is 14.8 Å². The number of piperazine rings is 1. The Kier molecular flexibility index (Phi) is 5.03. The first kappa shape index (κ1) is 16.4. The minimum atomic E-state index is -3.47. The second kappa shape index (κ2) is 6.43. The topological polar surface area (TPSA) is 84.9 Å². The van der Waals surface area contributed by atoms with E-state index in [1.807, 2.05) is 0 Å². The highest BCUT2D eigenvalue weighted by atomic mass is 79.9. The molecule has 1 heterocycles. The fraction of sp³-hybridized carbons (Fsp3) is 0.462. The molecule has 0 spiro atoms. The molecule has 0 aromatic heterocycles. The number of nitrogens with zero attached hydrogens (tertiary/aromatic N) is 1. The van der Waals surface area contributed by atoms with Gasteiger partial charge in [-0.2, -0.15) is 4.31 Å². The Morgan fingerprint density at radius 1 is 1.29 bits per heavy atom. The van der Waals surface area contributed by atoms with Gasteiger partial charge in [-0.1, -0.05) is 15.9 Å². The number of benzene rings is 1. The van der Waals surface area contributed by atoms with Crippen LogP contribution in [0.4, 0.5) is 0 Å². The Labute approximate surface area is 133 Å². The molecule has 1 aromatic carbocycles. The van der Waals surface area contributed by atoms with Gasteiger partial charge >= 0.3 is 0 Å². The van der Waals surface area contributed by atoms with Crippen LogP contribution < -0.4 is 10.6 Å². The molecule has 3 N–H and O–H groups in total. The quantitative estimate of drug-likeness (QED) is 0.722. The van der Waals surface area contributed by atoms with Crippen LogP contribution >= 0.6 is 15.9 Å². The molecule has 1 amide bonds. The van der Waals surface area contributed by atoms with E-state index < -0.39 is 10.0 Å². The molecule has 1 aliphatic rings. The second-order valence-electron chi connectivity index (χ2n) is 5.14. The number of carbonyl (C=O) groups is 1. The molecule has 116 valence electrons. The van der Waals surface area contributed by atoms with Gasteiger partial charge in [0, 0.05) is 4.47 Å². The number of nitrogens with two attached hydrogens (primary N) is 1. The predicted octanol–water partition coefficient (Wildman–Crippen LogP) is -0.788. The zero-order chi connectivity index (χ0) is 15.6. The highest BCUT2D eigenvalue weighted by molar-refractivity contribution is 9.10. The van der Waals surface area contributed by atoms with Crippen LogP contribution in [0.2, 0.25) is 0 Å². The van der Waals surface area contributed by atoms with Crippen molar-refractivity contribution in [3.63, 3.8) is 0 Å². The predicted molar refractivity (Wildman–Crippen MR) is 82.3 cm³/mol. The maximum absolute atomic E-state index is 12.5. The number of carbonyl (C=O) groups excluding carboxylic acids is 1. The summed E-state index contributed by atoms with van der Waals surface area (Å²) in [5.41, 5.74) is 5.30. The van der Waals surface area contributed by atoms with E-state index in [9.17, 15) is 13.2 Å². The minimum Gasteiger partial charge on any atom is -0.365 e. The molecule has 0 unspecified atom stereocenters. The van der Waals surface area contributed by atoms with Crippen molar-refractivity contribution in [3.8, 4) is 0 Å². The van der Waals surface area contributed by atoms with Crippen LogP contribution in [0.5, 0.6) is 0 Å². The molecule has 1 aromatic rings. The molecule has 6 nitrogen and oxygen atoms in total. The molecule has 1 saturated heterocycles. The van der Waals surface area contributed by atoms with E-state index in [-0.39, 0.29) is 16.8 Å². The van der Waals surface area contributed by atoms with E-state index in [1.54, 1.807) is 31.2 Å². The highest BCUT2D eigenvalue weighted by Gasteiger charge is 2.33. The number of hydrogen-bond acceptors (Lipinski definition) is 3. The lowest BCUT2D eigenvalue weighted by Gasteiger charge is -2.33. The molecule has 8 heteroatoms. The van der Waals surface area contributed by atoms with E-state index >= 15 is 0 Å². The number of primary amides is 1. The summed E-state index contributed by atoms with van der Waals surface area (Å²) in [5, 5.41) is 0. The summed E-state index contributed by atoms with van der Waals surface area (Å²) in [4.78, 5) is 12.5. The summed E-state index contributed by atoms with van der Waals surface area (Å²) in [6, 6.07) is 6.31. The van der Waals surface area contributed by atoms with Crippen LogP contribution in [0, 0.1) is 0 Å². The Morgan fingerprint density at radius 3 is 2.29 bits per heavy atom. The number of rotatable bonds is 4. The lowest BCUT2D eigenvalue weighted by atomic mass is 10.2. The number of amides is 1. The van der Waals surface area contributed by atoms with Crippen molar-refractivity contribution in [1.82, 2.24) is 4.31 Å². The SMILES string of the molecule is C[C@H](C(N)=O)[NH+]1CCN(S(=O)(=O)c2ccc(Br)cc2)CC1. The standard InChI is InChI=1S/C13H18BrN3O3S/c1-10(13(15)18)16-6-8-17(9-7-16)21(19,20)12-4-2-11(14)3-5-12/h2-5,10H,6-9H2,1H3,(H2,15,18)/p+1/t10-/m1/s1. The largest absolute Gasteiger partial charge is 0.365 e. The number of sulfonamides is 1. The normalized spacial score (nSPS) is 19.3. The maximum Gasteiger partial charge on any atom is 0.275 e. The van der Waals surface area contributed by atoms with Gasteiger partial charge in [0.25, 0.3) is 5.91 Å². The molecule has 21 heavy (non-hydrogen) atoms. The van der Waals surface area contributed by atoms with E-state index in [1.165, 1.54) is 4.31 Å². The van der Waals surface area contributed by atoms with Crippen molar-refractivity contribution in [3.05, 3.63) is 28.7 Å². The van der Waals surface area contributed by atoms with Gasteiger partial charge in [0.05, 0.1) is 31.1 Å². The van der Waals surface area contributed by atoms with Gasteiger partial charge < -0.3 is 10.6 Å². The van der Waals surface area contributed by atoms with Crippen molar-refractivity contribution in [2.75, 3.05) is 26.2 Å². The van der Waals surface area contributed by atoms with E-state index in [2.05, 4.69) is 15.9 Å². The van der Waals surface area contributed by atoms with Gasteiger partial charge in [0.1, 0.15) is 0 Å². The summed E-state index contributed by atoms with van der Waals surface area (Å²) in [7, 11) is -3.47. The zero-order valence-corrected chi connectivity index (χ0v) is 14.2. The van der Waals surface area contributed by atoms with Crippen molar-refractivity contribution < 1.29 is 18.1 Å². The Bertz CT molecular complexity index is 610. The molecule has 1 atom stereocenters. The smallest absolute Gasteiger partial charge is 0.275 e. The van der Waals surface area contributed by atoms with Crippen molar-refractivity contribution in [2.45, 2.75) is 17.9 Å². The van der Waals surface area contributed by atoms with Gasteiger partial charge in [0.2, 0.25) is 10.0 Å². The third-order valence-electron chi connectivity index (χ3n) is 3.86. The van der Waals surface area contributed by atoms with Crippen molar-refractivity contribution in [2.24, 2.45) is 5.73 Å². The van der Waals surface area contributed by atoms with Gasteiger partial charge in [-0.3, -0.25) is 4.79 Å².